The van der Waals surface area contributed by atoms with Crippen molar-refractivity contribution in [1.29, 1.82) is 0 Å². The van der Waals surface area contributed by atoms with E-state index in [1.54, 1.807) is 10.9 Å². The Morgan fingerprint density at radius 2 is 2.19 bits per heavy atom. The molecule has 0 bridgehead atoms. The summed E-state index contributed by atoms with van der Waals surface area (Å²) in [5.74, 6) is 0.757. The van der Waals surface area contributed by atoms with Crippen LogP contribution in [0, 0.1) is 5.92 Å². The molecule has 0 radical (unpaired) electrons. The van der Waals surface area contributed by atoms with Crippen LogP contribution in [-0.4, -0.2) is 38.4 Å². The Hall–Kier alpha value is -1.43. The summed E-state index contributed by atoms with van der Waals surface area (Å²) in [6.45, 7) is 5.86. The normalized spacial score (nSPS) is 15.8. The van der Waals surface area contributed by atoms with Gasteiger partial charge in [0.1, 0.15) is 6.54 Å². The first-order valence-electron chi connectivity index (χ1n) is 7.98. The summed E-state index contributed by atoms with van der Waals surface area (Å²) in [5.41, 5.74) is 6.24. The van der Waals surface area contributed by atoms with Crippen LogP contribution < -0.4 is 5.73 Å². The molecule has 2 N–H and O–H groups in total. The fourth-order valence-electron chi connectivity index (χ4n) is 2.86. The number of carbonyl (C=O) groups excluding carboxylic acids is 1. The van der Waals surface area contributed by atoms with Gasteiger partial charge in [-0.1, -0.05) is 31.9 Å². The van der Waals surface area contributed by atoms with E-state index in [1.807, 2.05) is 0 Å². The fraction of sp³-hybridized carbons (Fsp3) is 0.800. The molecule has 1 saturated carbocycles. The van der Waals surface area contributed by atoms with Crippen molar-refractivity contribution in [3.63, 3.8) is 0 Å². The fourth-order valence-corrected chi connectivity index (χ4v) is 2.86. The third-order valence-corrected chi connectivity index (χ3v) is 4.13. The largest absolute Gasteiger partial charge is 0.338 e. The Morgan fingerprint density at radius 3 is 2.76 bits per heavy atom. The molecule has 6 heteroatoms. The van der Waals surface area contributed by atoms with E-state index in [0.717, 1.165) is 31.5 Å². The Balaban J connectivity index is 1.98. The SMILES string of the molecule is CC(C)CCN(C(=O)Cn1cc(CN)nn1)C1CCCC1. The molecule has 1 aliphatic carbocycles. The zero-order valence-electron chi connectivity index (χ0n) is 13.2. The summed E-state index contributed by atoms with van der Waals surface area (Å²) >= 11 is 0. The number of amides is 1. The van der Waals surface area contributed by atoms with E-state index in [4.69, 9.17) is 5.73 Å². The quantitative estimate of drug-likeness (QED) is 0.827. The van der Waals surface area contributed by atoms with Gasteiger partial charge in [-0.3, -0.25) is 4.79 Å². The Bertz CT molecular complexity index is 451. The van der Waals surface area contributed by atoms with Crippen molar-refractivity contribution in [2.75, 3.05) is 6.54 Å². The standard InChI is InChI=1S/C15H27N5O/c1-12(2)7-8-20(14-5-3-4-6-14)15(21)11-19-10-13(9-16)17-18-19/h10,12,14H,3-9,11,16H2,1-2H3. The maximum Gasteiger partial charge on any atom is 0.244 e. The molecule has 0 aromatic carbocycles. The molecule has 0 atom stereocenters. The lowest BCUT2D eigenvalue weighted by Crippen LogP contribution is -2.41. The minimum absolute atomic E-state index is 0.149. The minimum Gasteiger partial charge on any atom is -0.338 e. The number of aromatic nitrogens is 3. The van der Waals surface area contributed by atoms with Gasteiger partial charge >= 0.3 is 0 Å². The maximum atomic E-state index is 12.6. The molecule has 2 rings (SSSR count). The second kappa shape index (κ2) is 7.54. The number of nitrogens with two attached hydrogens (primary N) is 1. The molecule has 1 fully saturated rings. The number of hydrogen-bond donors (Lipinski definition) is 1. The van der Waals surface area contributed by atoms with Crippen LogP contribution in [0.15, 0.2) is 6.20 Å². The van der Waals surface area contributed by atoms with Gasteiger partial charge in [0.25, 0.3) is 0 Å². The van der Waals surface area contributed by atoms with Crippen LogP contribution in [0.4, 0.5) is 0 Å². The van der Waals surface area contributed by atoms with Gasteiger partial charge in [0.05, 0.1) is 11.9 Å². The molecule has 0 aliphatic heterocycles. The lowest BCUT2D eigenvalue weighted by molar-refractivity contribution is -0.134. The van der Waals surface area contributed by atoms with Crippen LogP contribution >= 0.6 is 0 Å². The highest BCUT2D eigenvalue weighted by atomic mass is 16.2. The van der Waals surface area contributed by atoms with Crippen molar-refractivity contribution in [3.8, 4) is 0 Å². The van der Waals surface area contributed by atoms with Crippen LogP contribution in [0.5, 0.6) is 0 Å². The molecule has 0 unspecified atom stereocenters. The second-order valence-electron chi connectivity index (χ2n) is 6.32. The van der Waals surface area contributed by atoms with Gasteiger partial charge < -0.3 is 10.6 Å². The van der Waals surface area contributed by atoms with Gasteiger partial charge in [-0.05, 0) is 25.2 Å². The topological polar surface area (TPSA) is 77.0 Å². The summed E-state index contributed by atoms with van der Waals surface area (Å²) in [7, 11) is 0. The first-order valence-corrected chi connectivity index (χ1v) is 7.98. The van der Waals surface area contributed by atoms with E-state index in [2.05, 4.69) is 29.1 Å². The van der Waals surface area contributed by atoms with Crippen LogP contribution in [0.1, 0.15) is 51.6 Å². The molecule has 1 aromatic heterocycles. The highest BCUT2D eigenvalue weighted by Crippen LogP contribution is 2.24. The van der Waals surface area contributed by atoms with Crippen molar-refractivity contribution >= 4 is 5.91 Å². The first-order chi connectivity index (χ1) is 10.1. The molecule has 21 heavy (non-hydrogen) atoms. The van der Waals surface area contributed by atoms with Crippen LogP contribution in [0.3, 0.4) is 0 Å². The van der Waals surface area contributed by atoms with Gasteiger partial charge in [-0.2, -0.15) is 0 Å². The minimum atomic E-state index is 0.149. The summed E-state index contributed by atoms with van der Waals surface area (Å²) < 4.78 is 1.60. The average Bonchev–Trinajstić information content (AvgIpc) is 3.10. The van der Waals surface area contributed by atoms with E-state index >= 15 is 0 Å². The van der Waals surface area contributed by atoms with Gasteiger partial charge in [-0.25, -0.2) is 4.68 Å². The Labute approximate surface area is 126 Å². The molecule has 0 spiro atoms. The van der Waals surface area contributed by atoms with E-state index in [-0.39, 0.29) is 12.5 Å². The zero-order chi connectivity index (χ0) is 15.2. The lowest BCUT2D eigenvalue weighted by atomic mass is 10.1. The van der Waals surface area contributed by atoms with Crippen molar-refractivity contribution in [2.45, 2.75) is 65.1 Å². The number of nitrogens with zero attached hydrogens (tertiary/aromatic N) is 4. The summed E-state index contributed by atoms with van der Waals surface area (Å²) in [5, 5.41) is 7.91. The number of rotatable bonds is 7. The number of carbonyl (C=O) groups is 1. The predicted octanol–water partition coefficient (Wildman–Crippen LogP) is 1.55. The zero-order valence-corrected chi connectivity index (χ0v) is 13.2. The molecule has 1 aliphatic rings. The van der Waals surface area contributed by atoms with Gasteiger partial charge in [0.15, 0.2) is 0 Å². The summed E-state index contributed by atoms with van der Waals surface area (Å²) in [6, 6.07) is 0.411. The summed E-state index contributed by atoms with van der Waals surface area (Å²) in [6.07, 6.45) is 7.54. The predicted molar refractivity (Wildman–Crippen MR) is 81.3 cm³/mol. The second-order valence-corrected chi connectivity index (χ2v) is 6.32. The van der Waals surface area contributed by atoms with E-state index in [9.17, 15) is 4.79 Å². The van der Waals surface area contributed by atoms with Gasteiger partial charge in [-0.15, -0.1) is 5.10 Å². The molecule has 118 valence electrons. The van der Waals surface area contributed by atoms with Crippen molar-refractivity contribution in [3.05, 3.63) is 11.9 Å². The van der Waals surface area contributed by atoms with Gasteiger partial charge in [0.2, 0.25) is 5.91 Å². The van der Waals surface area contributed by atoms with E-state index in [0.29, 0.717) is 18.5 Å². The maximum absolute atomic E-state index is 12.6. The molecular weight excluding hydrogens is 266 g/mol. The number of hydrogen-bond acceptors (Lipinski definition) is 4. The van der Waals surface area contributed by atoms with Crippen LogP contribution in [0.2, 0.25) is 0 Å². The van der Waals surface area contributed by atoms with Crippen LogP contribution in [-0.2, 0) is 17.9 Å². The van der Waals surface area contributed by atoms with Crippen molar-refractivity contribution in [1.82, 2.24) is 19.9 Å². The average molecular weight is 293 g/mol. The molecular formula is C15H27N5O. The highest BCUT2D eigenvalue weighted by molar-refractivity contribution is 5.76. The summed E-state index contributed by atoms with van der Waals surface area (Å²) in [4.78, 5) is 14.7. The molecule has 6 nitrogen and oxygen atoms in total. The van der Waals surface area contributed by atoms with Crippen molar-refractivity contribution in [2.24, 2.45) is 11.7 Å². The smallest absolute Gasteiger partial charge is 0.244 e. The first kappa shape index (κ1) is 15.9. The monoisotopic (exact) mass is 293 g/mol. The third kappa shape index (κ3) is 4.52. The Kier molecular flexibility index (Phi) is 5.73. The van der Waals surface area contributed by atoms with Crippen molar-refractivity contribution < 1.29 is 4.79 Å². The third-order valence-electron chi connectivity index (χ3n) is 4.13. The molecule has 1 heterocycles. The Morgan fingerprint density at radius 1 is 1.48 bits per heavy atom. The highest BCUT2D eigenvalue weighted by Gasteiger charge is 2.26. The lowest BCUT2D eigenvalue weighted by Gasteiger charge is -2.29. The van der Waals surface area contributed by atoms with E-state index in [1.165, 1.54) is 12.8 Å². The molecule has 1 amide bonds. The van der Waals surface area contributed by atoms with Crippen LogP contribution in [0.25, 0.3) is 0 Å². The molecule has 1 aromatic rings. The van der Waals surface area contributed by atoms with E-state index < -0.39 is 0 Å². The molecule has 0 saturated heterocycles. The van der Waals surface area contributed by atoms with Gasteiger partial charge in [0, 0.05) is 19.1 Å².